The number of alkyl halides is 3. The summed E-state index contributed by atoms with van der Waals surface area (Å²) >= 11 is 0.941. The van der Waals surface area contributed by atoms with Crippen molar-refractivity contribution >= 4 is 40.4 Å². The molecule has 2 aliphatic heterocycles. The van der Waals surface area contributed by atoms with Gasteiger partial charge in [0, 0.05) is 18.7 Å². The van der Waals surface area contributed by atoms with Crippen molar-refractivity contribution in [3.8, 4) is 0 Å². The SMILES string of the molecule is O=C(Nc1ccc(CN2C(=O)CSC2=O)cc1)C1CC(=O)N(CC(F)(F)F)C1. The molecule has 7 nitrogen and oxygen atoms in total. The summed E-state index contributed by atoms with van der Waals surface area (Å²) in [7, 11) is 0. The van der Waals surface area contributed by atoms with E-state index in [0.29, 0.717) is 16.2 Å². The topological polar surface area (TPSA) is 86.8 Å². The van der Waals surface area contributed by atoms with Gasteiger partial charge in [-0.1, -0.05) is 23.9 Å². The number of imide groups is 1. The number of halogens is 3. The van der Waals surface area contributed by atoms with Crippen molar-refractivity contribution in [2.75, 3.05) is 24.2 Å². The third-order valence-corrected chi connectivity index (χ3v) is 5.22. The van der Waals surface area contributed by atoms with Crippen LogP contribution in [0.25, 0.3) is 0 Å². The molecule has 0 saturated carbocycles. The maximum Gasteiger partial charge on any atom is 0.406 e. The third-order valence-electron chi connectivity index (χ3n) is 4.36. The van der Waals surface area contributed by atoms with Crippen LogP contribution in [0.4, 0.5) is 23.7 Å². The molecule has 150 valence electrons. The van der Waals surface area contributed by atoms with Crippen molar-refractivity contribution in [3.05, 3.63) is 29.8 Å². The van der Waals surface area contributed by atoms with Gasteiger partial charge in [0.1, 0.15) is 6.54 Å². The Labute approximate surface area is 162 Å². The van der Waals surface area contributed by atoms with Gasteiger partial charge in [-0.15, -0.1) is 0 Å². The number of nitrogens with zero attached hydrogens (tertiary/aromatic N) is 2. The van der Waals surface area contributed by atoms with Gasteiger partial charge in [0.15, 0.2) is 0 Å². The highest BCUT2D eigenvalue weighted by atomic mass is 32.2. The zero-order chi connectivity index (χ0) is 20.5. The smallest absolute Gasteiger partial charge is 0.333 e. The highest BCUT2D eigenvalue weighted by Gasteiger charge is 2.40. The number of likely N-dealkylation sites (tertiary alicyclic amines) is 1. The first-order valence-electron chi connectivity index (χ1n) is 8.34. The number of benzene rings is 1. The maximum absolute atomic E-state index is 12.4. The molecule has 2 fully saturated rings. The molecule has 11 heteroatoms. The Morgan fingerprint density at radius 3 is 2.39 bits per heavy atom. The molecule has 1 aromatic carbocycles. The largest absolute Gasteiger partial charge is 0.406 e. The Hall–Kier alpha value is -2.56. The lowest BCUT2D eigenvalue weighted by Crippen LogP contribution is -2.36. The highest BCUT2D eigenvalue weighted by molar-refractivity contribution is 8.14. The van der Waals surface area contributed by atoms with Gasteiger partial charge in [-0.3, -0.25) is 24.1 Å². The zero-order valence-electron chi connectivity index (χ0n) is 14.5. The van der Waals surface area contributed by atoms with E-state index < -0.39 is 30.5 Å². The summed E-state index contributed by atoms with van der Waals surface area (Å²) in [6, 6.07) is 6.40. The molecule has 0 radical (unpaired) electrons. The molecule has 2 saturated heterocycles. The quantitative estimate of drug-likeness (QED) is 0.797. The number of amides is 4. The molecule has 2 aliphatic rings. The van der Waals surface area contributed by atoms with Crippen molar-refractivity contribution in [2.45, 2.75) is 19.1 Å². The summed E-state index contributed by atoms with van der Waals surface area (Å²) in [6.45, 7) is -1.52. The van der Waals surface area contributed by atoms with Crippen molar-refractivity contribution in [1.82, 2.24) is 9.80 Å². The Balaban J connectivity index is 1.55. The molecule has 0 aromatic heterocycles. The van der Waals surface area contributed by atoms with E-state index in [1.54, 1.807) is 24.3 Å². The van der Waals surface area contributed by atoms with Crippen LogP contribution in [0, 0.1) is 5.92 Å². The third kappa shape index (κ3) is 4.83. The first-order valence-corrected chi connectivity index (χ1v) is 9.32. The Bertz CT molecular complexity index is 797. The molecule has 2 heterocycles. The molecule has 1 unspecified atom stereocenters. The van der Waals surface area contributed by atoms with Gasteiger partial charge in [-0.2, -0.15) is 13.2 Å². The molecule has 4 amide bonds. The van der Waals surface area contributed by atoms with Gasteiger partial charge in [-0.05, 0) is 17.7 Å². The molecular weight excluding hydrogens is 399 g/mol. The normalized spacial score (nSPS) is 20.2. The predicted molar refractivity (Wildman–Crippen MR) is 94.2 cm³/mol. The standard InChI is InChI=1S/C17H16F3N3O4S/c18-17(19,20)9-22-7-11(5-13(22)24)15(26)21-12-3-1-10(2-4-12)6-23-14(25)8-28-16(23)27/h1-4,11H,5-9H2,(H,21,26). The summed E-state index contributed by atoms with van der Waals surface area (Å²) < 4.78 is 37.3. The molecule has 1 N–H and O–H groups in total. The summed E-state index contributed by atoms with van der Waals surface area (Å²) in [5, 5.41) is 2.27. The average Bonchev–Trinajstić information content (AvgIpc) is 3.12. The van der Waals surface area contributed by atoms with E-state index in [9.17, 15) is 32.3 Å². The van der Waals surface area contributed by atoms with Crippen LogP contribution in [0.1, 0.15) is 12.0 Å². The van der Waals surface area contributed by atoms with E-state index >= 15 is 0 Å². The van der Waals surface area contributed by atoms with Crippen molar-refractivity contribution in [1.29, 1.82) is 0 Å². The average molecular weight is 415 g/mol. The minimum absolute atomic E-state index is 0.123. The Morgan fingerprint density at radius 1 is 1.14 bits per heavy atom. The number of hydrogen-bond donors (Lipinski definition) is 1. The van der Waals surface area contributed by atoms with Crippen LogP contribution in [0.2, 0.25) is 0 Å². The lowest BCUT2D eigenvalue weighted by molar-refractivity contribution is -0.157. The van der Waals surface area contributed by atoms with Gasteiger partial charge in [0.2, 0.25) is 17.7 Å². The number of carbonyl (C=O) groups excluding carboxylic acids is 4. The fraction of sp³-hybridized carbons (Fsp3) is 0.412. The second kappa shape index (κ2) is 7.82. The van der Waals surface area contributed by atoms with E-state index in [-0.39, 0.29) is 36.4 Å². The van der Waals surface area contributed by atoms with Gasteiger partial charge < -0.3 is 10.2 Å². The van der Waals surface area contributed by atoms with Gasteiger partial charge in [0.05, 0.1) is 18.2 Å². The fourth-order valence-corrected chi connectivity index (χ4v) is 3.70. The second-order valence-corrected chi connectivity index (χ2v) is 7.44. The maximum atomic E-state index is 12.4. The van der Waals surface area contributed by atoms with Crippen LogP contribution in [-0.2, 0) is 20.9 Å². The molecule has 0 spiro atoms. The lowest BCUT2D eigenvalue weighted by Gasteiger charge is -2.18. The molecule has 0 aliphatic carbocycles. The first-order chi connectivity index (χ1) is 13.1. The van der Waals surface area contributed by atoms with Crippen molar-refractivity contribution in [2.24, 2.45) is 5.92 Å². The first kappa shape index (κ1) is 20.2. The van der Waals surface area contributed by atoms with E-state index in [0.717, 1.165) is 16.7 Å². The van der Waals surface area contributed by atoms with Gasteiger partial charge in [-0.25, -0.2) is 0 Å². The number of anilines is 1. The van der Waals surface area contributed by atoms with Crippen LogP contribution in [0.15, 0.2) is 24.3 Å². The monoisotopic (exact) mass is 415 g/mol. The fourth-order valence-electron chi connectivity index (χ4n) is 2.97. The number of thioether (sulfide) groups is 1. The van der Waals surface area contributed by atoms with E-state index in [4.69, 9.17) is 0 Å². The number of nitrogens with one attached hydrogen (secondary N) is 1. The predicted octanol–water partition coefficient (Wildman–Crippen LogP) is 2.23. The van der Waals surface area contributed by atoms with Crippen LogP contribution in [0.3, 0.4) is 0 Å². The number of rotatable bonds is 5. The van der Waals surface area contributed by atoms with Crippen LogP contribution < -0.4 is 5.32 Å². The lowest BCUT2D eigenvalue weighted by atomic mass is 10.1. The zero-order valence-corrected chi connectivity index (χ0v) is 15.3. The molecular formula is C17H16F3N3O4S. The summed E-state index contributed by atoms with van der Waals surface area (Å²) in [5.41, 5.74) is 1.10. The van der Waals surface area contributed by atoms with Crippen LogP contribution in [0.5, 0.6) is 0 Å². The van der Waals surface area contributed by atoms with E-state index in [1.165, 1.54) is 0 Å². The van der Waals surface area contributed by atoms with E-state index in [2.05, 4.69) is 5.32 Å². The summed E-state index contributed by atoms with van der Waals surface area (Å²) in [5.74, 6) is -2.23. The van der Waals surface area contributed by atoms with E-state index in [1.807, 2.05) is 0 Å². The molecule has 1 aromatic rings. The van der Waals surface area contributed by atoms with Crippen LogP contribution in [-0.4, -0.2) is 57.8 Å². The van der Waals surface area contributed by atoms with Crippen molar-refractivity contribution in [3.63, 3.8) is 0 Å². The van der Waals surface area contributed by atoms with Gasteiger partial charge >= 0.3 is 6.18 Å². The minimum atomic E-state index is -4.51. The number of hydrogen-bond acceptors (Lipinski definition) is 5. The second-order valence-electron chi connectivity index (χ2n) is 6.51. The highest BCUT2D eigenvalue weighted by Crippen LogP contribution is 2.25. The Kier molecular flexibility index (Phi) is 5.64. The molecule has 28 heavy (non-hydrogen) atoms. The summed E-state index contributed by atoms with van der Waals surface area (Å²) in [6.07, 6.45) is -4.77. The van der Waals surface area contributed by atoms with Crippen LogP contribution >= 0.6 is 11.8 Å². The molecule has 0 bridgehead atoms. The number of carbonyl (C=O) groups is 4. The molecule has 1 atom stereocenters. The van der Waals surface area contributed by atoms with Gasteiger partial charge in [0.25, 0.3) is 5.24 Å². The Morgan fingerprint density at radius 2 is 1.82 bits per heavy atom. The van der Waals surface area contributed by atoms with Crippen molar-refractivity contribution < 1.29 is 32.3 Å². The minimum Gasteiger partial charge on any atom is -0.333 e. The molecule has 3 rings (SSSR count). The summed E-state index contributed by atoms with van der Waals surface area (Å²) in [4.78, 5) is 48.9.